The molecule has 0 fully saturated rings. The van der Waals surface area contributed by atoms with Gasteiger partial charge in [0.2, 0.25) is 0 Å². The summed E-state index contributed by atoms with van der Waals surface area (Å²) in [5.41, 5.74) is 2.40. The van der Waals surface area contributed by atoms with Crippen LogP contribution >= 0.6 is 11.3 Å². The second kappa shape index (κ2) is 4.45. The number of aryl methyl sites for hydroxylation is 2. The molecule has 1 aromatic carbocycles. The Morgan fingerprint density at radius 2 is 1.93 bits per heavy atom. The van der Waals surface area contributed by atoms with Crippen LogP contribution in [-0.2, 0) is 6.54 Å². The molecule has 2 rings (SSSR count). The predicted octanol–water partition coefficient (Wildman–Crippen LogP) is 3.37. The van der Waals surface area contributed by atoms with Crippen LogP contribution in [0.2, 0.25) is 0 Å². The summed E-state index contributed by atoms with van der Waals surface area (Å²) in [5, 5.41) is 4.34. The fourth-order valence-corrected chi connectivity index (χ4v) is 2.13. The van der Waals surface area contributed by atoms with Gasteiger partial charge in [-0.2, -0.15) is 0 Å². The van der Waals surface area contributed by atoms with Gasteiger partial charge in [0, 0.05) is 11.4 Å². The maximum Gasteiger partial charge on any atom is 0.183 e. The Morgan fingerprint density at radius 3 is 2.53 bits per heavy atom. The van der Waals surface area contributed by atoms with Crippen LogP contribution in [0.15, 0.2) is 30.3 Å². The third-order valence-corrected chi connectivity index (χ3v) is 3.35. The Kier molecular flexibility index (Phi) is 3.02. The summed E-state index contributed by atoms with van der Waals surface area (Å²) in [6.07, 6.45) is 0. The molecule has 0 aliphatic heterocycles. The molecule has 0 unspecified atom stereocenters. The van der Waals surface area contributed by atoms with Crippen molar-refractivity contribution >= 4 is 16.5 Å². The molecule has 15 heavy (non-hydrogen) atoms. The number of rotatable bonds is 3. The molecular weight excluding hydrogens is 204 g/mol. The van der Waals surface area contributed by atoms with Crippen molar-refractivity contribution in [3.05, 3.63) is 46.5 Å². The molecule has 0 aliphatic rings. The number of thiazole rings is 1. The van der Waals surface area contributed by atoms with Gasteiger partial charge in [0.05, 0.1) is 5.69 Å². The average Bonchev–Trinajstić information content (AvgIpc) is 2.57. The quantitative estimate of drug-likeness (QED) is 0.854. The topological polar surface area (TPSA) is 24.9 Å². The van der Waals surface area contributed by atoms with E-state index in [-0.39, 0.29) is 0 Å². The zero-order valence-electron chi connectivity index (χ0n) is 8.95. The van der Waals surface area contributed by atoms with Crippen LogP contribution in [-0.4, -0.2) is 4.98 Å². The molecular formula is C12H14N2S. The molecule has 0 saturated carbocycles. The summed E-state index contributed by atoms with van der Waals surface area (Å²) in [4.78, 5) is 5.72. The first-order valence-electron chi connectivity index (χ1n) is 4.97. The van der Waals surface area contributed by atoms with Crippen LogP contribution in [0.5, 0.6) is 0 Å². The van der Waals surface area contributed by atoms with Crippen LogP contribution in [0.3, 0.4) is 0 Å². The molecule has 1 N–H and O–H groups in total. The summed E-state index contributed by atoms with van der Waals surface area (Å²) in [5.74, 6) is 0. The normalized spacial score (nSPS) is 10.3. The number of nitrogens with one attached hydrogen (secondary N) is 1. The average molecular weight is 218 g/mol. The van der Waals surface area contributed by atoms with Crippen LogP contribution in [0, 0.1) is 13.8 Å². The molecule has 0 radical (unpaired) electrons. The van der Waals surface area contributed by atoms with Gasteiger partial charge in [-0.05, 0) is 19.4 Å². The highest BCUT2D eigenvalue weighted by Gasteiger charge is 2.02. The lowest BCUT2D eigenvalue weighted by Crippen LogP contribution is -1.98. The maximum atomic E-state index is 4.43. The third kappa shape index (κ3) is 2.57. The summed E-state index contributed by atoms with van der Waals surface area (Å²) in [6.45, 7) is 4.98. The minimum absolute atomic E-state index is 0.841. The number of anilines is 1. The van der Waals surface area contributed by atoms with E-state index in [4.69, 9.17) is 0 Å². The van der Waals surface area contributed by atoms with Gasteiger partial charge in [0.25, 0.3) is 0 Å². The van der Waals surface area contributed by atoms with Gasteiger partial charge >= 0.3 is 0 Å². The lowest BCUT2D eigenvalue weighted by molar-refractivity contribution is 1.12. The Labute approximate surface area is 94.0 Å². The molecule has 1 heterocycles. The van der Waals surface area contributed by atoms with Gasteiger partial charge in [-0.15, -0.1) is 11.3 Å². The lowest BCUT2D eigenvalue weighted by atomic mass is 10.2. The molecule has 0 aliphatic carbocycles. The van der Waals surface area contributed by atoms with E-state index in [1.54, 1.807) is 11.3 Å². The van der Waals surface area contributed by atoms with E-state index in [2.05, 4.69) is 41.5 Å². The fourth-order valence-electron chi connectivity index (χ4n) is 1.32. The molecule has 2 aromatic rings. The van der Waals surface area contributed by atoms with Crippen molar-refractivity contribution < 1.29 is 0 Å². The van der Waals surface area contributed by atoms with Crippen LogP contribution in [0.25, 0.3) is 0 Å². The van der Waals surface area contributed by atoms with E-state index < -0.39 is 0 Å². The minimum Gasteiger partial charge on any atom is -0.357 e. The van der Waals surface area contributed by atoms with Crippen molar-refractivity contribution in [2.24, 2.45) is 0 Å². The van der Waals surface area contributed by atoms with E-state index in [1.807, 2.05) is 13.0 Å². The molecule has 0 bridgehead atoms. The van der Waals surface area contributed by atoms with Gasteiger partial charge in [-0.25, -0.2) is 4.98 Å². The first kappa shape index (κ1) is 10.2. The van der Waals surface area contributed by atoms with Crippen LogP contribution in [0.1, 0.15) is 16.1 Å². The maximum absolute atomic E-state index is 4.43. The molecule has 0 atom stereocenters. The van der Waals surface area contributed by atoms with Crippen molar-refractivity contribution in [3.8, 4) is 0 Å². The summed E-state index contributed by atoms with van der Waals surface area (Å²) in [6, 6.07) is 10.4. The Morgan fingerprint density at radius 1 is 1.20 bits per heavy atom. The number of hydrogen-bond donors (Lipinski definition) is 1. The Bertz CT molecular complexity index is 415. The van der Waals surface area contributed by atoms with Crippen molar-refractivity contribution in [1.82, 2.24) is 4.98 Å². The number of aromatic nitrogens is 1. The highest BCUT2D eigenvalue weighted by Crippen LogP contribution is 2.21. The lowest BCUT2D eigenvalue weighted by Gasteiger charge is -2.01. The van der Waals surface area contributed by atoms with Gasteiger partial charge in [0.15, 0.2) is 5.13 Å². The van der Waals surface area contributed by atoms with Crippen molar-refractivity contribution in [3.63, 3.8) is 0 Å². The highest BCUT2D eigenvalue weighted by atomic mass is 32.1. The predicted molar refractivity (Wildman–Crippen MR) is 65.4 cm³/mol. The summed E-state index contributed by atoms with van der Waals surface area (Å²) in [7, 11) is 0. The van der Waals surface area contributed by atoms with Gasteiger partial charge in [-0.3, -0.25) is 0 Å². The Balaban J connectivity index is 1.99. The van der Waals surface area contributed by atoms with Crippen LogP contribution in [0.4, 0.5) is 5.13 Å². The summed E-state index contributed by atoms with van der Waals surface area (Å²) >= 11 is 1.71. The number of hydrogen-bond acceptors (Lipinski definition) is 3. The molecule has 0 amide bonds. The molecule has 1 aromatic heterocycles. The fraction of sp³-hybridized carbons (Fsp3) is 0.250. The molecule has 0 saturated heterocycles. The van der Waals surface area contributed by atoms with Gasteiger partial charge < -0.3 is 5.32 Å². The van der Waals surface area contributed by atoms with Crippen molar-refractivity contribution in [2.75, 3.05) is 5.32 Å². The van der Waals surface area contributed by atoms with Crippen LogP contribution < -0.4 is 5.32 Å². The van der Waals surface area contributed by atoms with E-state index in [1.165, 1.54) is 10.4 Å². The van der Waals surface area contributed by atoms with E-state index in [0.717, 1.165) is 17.4 Å². The van der Waals surface area contributed by atoms with Crippen molar-refractivity contribution in [1.29, 1.82) is 0 Å². The zero-order chi connectivity index (χ0) is 10.7. The summed E-state index contributed by atoms with van der Waals surface area (Å²) < 4.78 is 0. The first-order valence-corrected chi connectivity index (χ1v) is 5.79. The third-order valence-electron chi connectivity index (χ3n) is 2.32. The minimum atomic E-state index is 0.841. The van der Waals surface area contributed by atoms with E-state index in [0.29, 0.717) is 0 Å². The zero-order valence-corrected chi connectivity index (χ0v) is 9.77. The van der Waals surface area contributed by atoms with E-state index >= 15 is 0 Å². The standard InChI is InChI=1S/C12H14N2S/c1-9-10(2)15-12(14-9)13-8-11-6-4-3-5-7-11/h3-7H,8H2,1-2H3,(H,13,14). The van der Waals surface area contributed by atoms with Crippen molar-refractivity contribution in [2.45, 2.75) is 20.4 Å². The highest BCUT2D eigenvalue weighted by molar-refractivity contribution is 7.15. The first-order chi connectivity index (χ1) is 7.25. The smallest absolute Gasteiger partial charge is 0.183 e. The number of benzene rings is 1. The monoisotopic (exact) mass is 218 g/mol. The SMILES string of the molecule is Cc1nc(NCc2ccccc2)sc1C. The molecule has 78 valence electrons. The number of nitrogens with zero attached hydrogens (tertiary/aromatic N) is 1. The molecule has 3 heteroatoms. The van der Waals surface area contributed by atoms with E-state index in [9.17, 15) is 0 Å². The largest absolute Gasteiger partial charge is 0.357 e. The molecule has 2 nitrogen and oxygen atoms in total. The second-order valence-electron chi connectivity index (χ2n) is 3.50. The molecule has 0 spiro atoms. The Hall–Kier alpha value is -1.35. The second-order valence-corrected chi connectivity index (χ2v) is 4.70. The van der Waals surface area contributed by atoms with Gasteiger partial charge in [0.1, 0.15) is 0 Å². The van der Waals surface area contributed by atoms with Gasteiger partial charge in [-0.1, -0.05) is 30.3 Å².